The van der Waals surface area contributed by atoms with Crippen molar-refractivity contribution >= 4 is 21.6 Å². The van der Waals surface area contributed by atoms with Gasteiger partial charge in [-0.15, -0.1) is 11.3 Å². The Balaban J connectivity index is 1.99. The maximum absolute atomic E-state index is 5.41. The molecular weight excluding hydrogens is 304 g/mol. The van der Waals surface area contributed by atoms with Crippen LogP contribution >= 0.6 is 11.3 Å². The molecule has 4 heteroatoms. The van der Waals surface area contributed by atoms with Gasteiger partial charge in [0.25, 0.3) is 0 Å². The van der Waals surface area contributed by atoms with Gasteiger partial charge in [-0.3, -0.25) is 0 Å². The average Bonchev–Trinajstić information content (AvgIpc) is 3.19. The highest BCUT2D eigenvalue weighted by atomic mass is 32.1. The minimum Gasteiger partial charge on any atom is -0.361 e. The molecule has 0 spiro atoms. The van der Waals surface area contributed by atoms with E-state index in [9.17, 15) is 0 Å². The molecular formula is C19H16N2OS. The summed E-state index contributed by atoms with van der Waals surface area (Å²) in [5.41, 5.74) is 4.52. The Bertz CT molecular complexity index is 967. The summed E-state index contributed by atoms with van der Waals surface area (Å²) in [5.74, 6) is 0.903. The first-order valence-electron chi connectivity index (χ1n) is 7.67. The molecule has 4 aromatic rings. The molecule has 114 valence electrons. The van der Waals surface area contributed by atoms with Crippen LogP contribution in [0, 0.1) is 6.92 Å². The van der Waals surface area contributed by atoms with Crippen molar-refractivity contribution in [2.75, 3.05) is 0 Å². The lowest BCUT2D eigenvalue weighted by molar-refractivity contribution is 0.389. The average molecular weight is 320 g/mol. The minimum absolute atomic E-state index is 0.843. The first-order valence-corrected chi connectivity index (χ1v) is 8.48. The molecule has 0 aliphatic rings. The van der Waals surface area contributed by atoms with Crippen LogP contribution in [0.4, 0.5) is 0 Å². The molecule has 0 unspecified atom stereocenters. The zero-order chi connectivity index (χ0) is 15.8. The molecule has 0 radical (unpaired) electrons. The van der Waals surface area contributed by atoms with Crippen LogP contribution in [-0.2, 0) is 6.42 Å². The van der Waals surface area contributed by atoms with Gasteiger partial charge < -0.3 is 4.52 Å². The number of aryl methyl sites for hydroxylation is 2. The zero-order valence-electron chi connectivity index (χ0n) is 13.0. The quantitative estimate of drug-likeness (QED) is 0.501. The van der Waals surface area contributed by atoms with E-state index < -0.39 is 0 Å². The Labute approximate surface area is 138 Å². The fourth-order valence-corrected chi connectivity index (χ4v) is 3.82. The summed E-state index contributed by atoms with van der Waals surface area (Å²) in [6, 6.07) is 14.7. The van der Waals surface area contributed by atoms with Crippen LogP contribution in [0.25, 0.3) is 31.9 Å². The Hall–Kier alpha value is -2.46. The van der Waals surface area contributed by atoms with Gasteiger partial charge in [-0.25, -0.2) is 4.98 Å². The van der Waals surface area contributed by atoms with Gasteiger partial charge in [-0.1, -0.05) is 41.9 Å². The summed E-state index contributed by atoms with van der Waals surface area (Å²) in [6.07, 6.45) is 2.68. The van der Waals surface area contributed by atoms with Crippen molar-refractivity contribution in [2.45, 2.75) is 20.3 Å². The van der Waals surface area contributed by atoms with Crippen LogP contribution in [0.1, 0.15) is 18.2 Å². The molecule has 0 fully saturated rings. The molecule has 3 aromatic heterocycles. The van der Waals surface area contributed by atoms with Crippen LogP contribution in [0.2, 0.25) is 0 Å². The largest absolute Gasteiger partial charge is 0.361 e. The van der Waals surface area contributed by atoms with Crippen LogP contribution in [0.3, 0.4) is 0 Å². The molecule has 23 heavy (non-hydrogen) atoms. The predicted octanol–water partition coefficient (Wildman–Crippen LogP) is 5.49. The van der Waals surface area contributed by atoms with Crippen LogP contribution < -0.4 is 0 Å². The highest BCUT2D eigenvalue weighted by Crippen LogP contribution is 2.43. The zero-order valence-corrected chi connectivity index (χ0v) is 13.9. The second-order valence-electron chi connectivity index (χ2n) is 5.56. The van der Waals surface area contributed by atoms with Crippen LogP contribution in [0.15, 0.2) is 53.2 Å². The number of benzene rings is 1. The van der Waals surface area contributed by atoms with Crippen LogP contribution in [0.5, 0.6) is 0 Å². The molecule has 0 N–H and O–H groups in total. The Morgan fingerprint density at radius 1 is 1.13 bits per heavy atom. The summed E-state index contributed by atoms with van der Waals surface area (Å²) in [5, 5.41) is 5.43. The van der Waals surface area contributed by atoms with E-state index in [4.69, 9.17) is 4.52 Å². The molecule has 0 amide bonds. The Morgan fingerprint density at radius 3 is 2.70 bits per heavy atom. The van der Waals surface area contributed by atoms with Gasteiger partial charge in [-0.05, 0) is 24.6 Å². The van der Waals surface area contributed by atoms with E-state index in [0.29, 0.717) is 0 Å². The molecule has 1 aromatic carbocycles. The highest BCUT2D eigenvalue weighted by Gasteiger charge is 2.18. The van der Waals surface area contributed by atoms with E-state index in [1.54, 1.807) is 11.3 Å². The van der Waals surface area contributed by atoms with Crippen molar-refractivity contribution in [2.24, 2.45) is 0 Å². The molecule has 3 nitrogen and oxygen atoms in total. The number of nitrogens with zero attached hydrogens (tertiary/aromatic N) is 2. The number of pyridine rings is 1. The summed E-state index contributed by atoms with van der Waals surface area (Å²) in [7, 11) is 0. The Morgan fingerprint density at radius 2 is 1.96 bits per heavy atom. The minimum atomic E-state index is 0.843. The van der Waals surface area contributed by atoms with E-state index in [-0.39, 0.29) is 0 Å². The van der Waals surface area contributed by atoms with Gasteiger partial charge in [0, 0.05) is 29.6 Å². The van der Waals surface area contributed by atoms with Crippen molar-refractivity contribution in [3.05, 3.63) is 60.0 Å². The smallest absolute Gasteiger partial charge is 0.137 e. The number of aromatic nitrogens is 2. The number of thiophene rings is 1. The summed E-state index contributed by atoms with van der Waals surface area (Å²) in [4.78, 5) is 6.66. The number of rotatable bonds is 3. The fourth-order valence-electron chi connectivity index (χ4n) is 2.71. The van der Waals surface area contributed by atoms with E-state index in [0.717, 1.165) is 33.0 Å². The predicted molar refractivity (Wildman–Crippen MR) is 94.7 cm³/mol. The monoisotopic (exact) mass is 320 g/mol. The molecule has 0 saturated carbocycles. The van der Waals surface area contributed by atoms with E-state index >= 15 is 0 Å². The maximum Gasteiger partial charge on any atom is 0.137 e. The van der Waals surface area contributed by atoms with Crippen molar-refractivity contribution in [3.63, 3.8) is 0 Å². The Kier molecular flexibility index (Phi) is 3.46. The third-order valence-corrected chi connectivity index (χ3v) is 5.08. The topological polar surface area (TPSA) is 38.9 Å². The van der Waals surface area contributed by atoms with Crippen molar-refractivity contribution in [3.8, 4) is 21.7 Å². The third-order valence-electron chi connectivity index (χ3n) is 3.95. The first kappa shape index (κ1) is 14.2. The second-order valence-corrected chi connectivity index (χ2v) is 6.56. The molecule has 4 rings (SSSR count). The van der Waals surface area contributed by atoms with E-state index in [1.807, 2.05) is 18.3 Å². The molecule has 0 aliphatic carbocycles. The van der Waals surface area contributed by atoms with Crippen molar-refractivity contribution < 1.29 is 4.52 Å². The van der Waals surface area contributed by atoms with Gasteiger partial charge in [0.05, 0.1) is 4.88 Å². The highest BCUT2D eigenvalue weighted by molar-refractivity contribution is 7.22. The number of hydrogen-bond donors (Lipinski definition) is 0. The van der Waals surface area contributed by atoms with E-state index in [1.165, 1.54) is 16.7 Å². The fraction of sp³-hybridized carbons (Fsp3) is 0.158. The molecule has 0 atom stereocenters. The normalized spacial score (nSPS) is 11.2. The van der Waals surface area contributed by atoms with Gasteiger partial charge in [0.2, 0.25) is 0 Å². The lowest BCUT2D eigenvalue weighted by Crippen LogP contribution is -1.81. The van der Waals surface area contributed by atoms with Gasteiger partial charge >= 0.3 is 0 Å². The molecule has 0 saturated heterocycles. The van der Waals surface area contributed by atoms with Gasteiger partial charge in [0.1, 0.15) is 16.3 Å². The van der Waals surface area contributed by atoms with E-state index in [2.05, 4.69) is 54.3 Å². The summed E-state index contributed by atoms with van der Waals surface area (Å²) in [6.45, 7) is 4.17. The van der Waals surface area contributed by atoms with Crippen molar-refractivity contribution in [1.29, 1.82) is 0 Å². The second kappa shape index (κ2) is 5.63. The lowest BCUT2D eigenvalue weighted by Gasteiger charge is -2.03. The number of hydrogen-bond acceptors (Lipinski definition) is 4. The van der Waals surface area contributed by atoms with Crippen LogP contribution in [-0.4, -0.2) is 10.1 Å². The summed E-state index contributed by atoms with van der Waals surface area (Å²) >= 11 is 1.67. The van der Waals surface area contributed by atoms with Gasteiger partial charge in [0.15, 0.2) is 0 Å². The number of fused-ring (bicyclic) bond motifs is 1. The van der Waals surface area contributed by atoms with Crippen molar-refractivity contribution in [1.82, 2.24) is 10.1 Å². The SMILES string of the molecule is CCc1cc(-c2sc3ncccc3c2-c2ccc(C)cc2)no1. The maximum atomic E-state index is 5.41. The molecule has 0 bridgehead atoms. The molecule has 3 heterocycles. The molecule has 0 aliphatic heterocycles. The summed E-state index contributed by atoms with van der Waals surface area (Å²) < 4.78 is 5.41. The third kappa shape index (κ3) is 2.45. The van der Waals surface area contributed by atoms with Gasteiger partial charge in [-0.2, -0.15) is 0 Å². The first-order chi connectivity index (χ1) is 11.3. The standard InChI is InChI=1S/C19H16N2OS/c1-3-14-11-16(21-22-14)18-17(13-8-6-12(2)7-9-13)15-5-4-10-20-19(15)23-18/h4-11H,3H2,1-2H3. The lowest BCUT2D eigenvalue weighted by atomic mass is 10.0.